The maximum Gasteiger partial charge on any atom is 0.247 e. The Morgan fingerprint density at radius 1 is 1.40 bits per heavy atom. The van der Waals surface area contributed by atoms with Crippen molar-refractivity contribution in [1.82, 2.24) is 5.32 Å². The summed E-state index contributed by atoms with van der Waals surface area (Å²) in [5, 5.41) is 3.21. The molecule has 0 aliphatic carbocycles. The van der Waals surface area contributed by atoms with Gasteiger partial charge in [-0.2, -0.15) is 0 Å². The highest BCUT2D eigenvalue weighted by atomic mass is 35.5. The van der Waals surface area contributed by atoms with E-state index in [1.54, 1.807) is 32.1 Å². The quantitative estimate of drug-likeness (QED) is 0.848. The summed E-state index contributed by atoms with van der Waals surface area (Å²) in [7, 11) is -3.12. The van der Waals surface area contributed by atoms with Gasteiger partial charge in [0.05, 0.1) is 5.75 Å². The molecular formula is C14H18ClNO3S. The first kappa shape index (κ1) is 16.7. The third-order valence-electron chi connectivity index (χ3n) is 2.57. The number of nitrogens with one attached hydrogen (secondary N) is 1. The van der Waals surface area contributed by atoms with Crippen molar-refractivity contribution in [3.8, 4) is 0 Å². The Morgan fingerprint density at radius 2 is 2.00 bits per heavy atom. The molecule has 1 N–H and O–H groups in total. The van der Waals surface area contributed by atoms with E-state index < -0.39 is 15.9 Å². The average Bonchev–Trinajstić information content (AvgIpc) is 2.29. The van der Waals surface area contributed by atoms with Crippen molar-refractivity contribution >= 4 is 33.4 Å². The molecule has 1 rings (SSSR count). The highest BCUT2D eigenvalue weighted by Crippen LogP contribution is 2.18. The predicted molar refractivity (Wildman–Crippen MR) is 82.4 cm³/mol. The largest absolute Gasteiger partial charge is 0.349 e. The molecule has 0 radical (unpaired) electrons. The molecule has 0 heterocycles. The van der Waals surface area contributed by atoms with Gasteiger partial charge in [-0.3, -0.25) is 4.79 Å². The van der Waals surface area contributed by atoms with Crippen LogP contribution in [0.25, 0.3) is 6.08 Å². The lowest BCUT2D eigenvalue weighted by Crippen LogP contribution is -2.37. The van der Waals surface area contributed by atoms with Crippen molar-refractivity contribution in [2.45, 2.75) is 19.9 Å². The van der Waals surface area contributed by atoms with Gasteiger partial charge in [-0.15, -0.1) is 0 Å². The Morgan fingerprint density at radius 3 is 2.55 bits per heavy atom. The molecule has 0 spiro atoms. The topological polar surface area (TPSA) is 63.2 Å². The smallest absolute Gasteiger partial charge is 0.247 e. The standard InChI is InChI=1S/C14H18ClNO3S/c1-10(8-12-6-4-5-7-13(12)15)14(17)16-11(2)9-20(3,18)19/h4-8,11H,9H2,1-3H3,(H,16,17). The first-order chi connectivity index (χ1) is 9.19. The van der Waals surface area contributed by atoms with Gasteiger partial charge in [-0.05, 0) is 31.6 Å². The van der Waals surface area contributed by atoms with Crippen LogP contribution in [0.1, 0.15) is 19.4 Å². The molecule has 110 valence electrons. The van der Waals surface area contributed by atoms with Crippen LogP contribution in [0.15, 0.2) is 29.8 Å². The van der Waals surface area contributed by atoms with Gasteiger partial charge in [0, 0.05) is 22.9 Å². The number of amides is 1. The van der Waals surface area contributed by atoms with Crippen LogP contribution in [0.3, 0.4) is 0 Å². The van der Waals surface area contributed by atoms with Gasteiger partial charge in [0.25, 0.3) is 0 Å². The molecular weight excluding hydrogens is 298 g/mol. The number of carbonyl (C=O) groups excluding carboxylic acids is 1. The molecule has 0 aromatic heterocycles. The van der Waals surface area contributed by atoms with Crippen LogP contribution in [0.4, 0.5) is 0 Å². The van der Waals surface area contributed by atoms with Gasteiger partial charge in [0.2, 0.25) is 5.91 Å². The lowest BCUT2D eigenvalue weighted by molar-refractivity contribution is -0.117. The van der Waals surface area contributed by atoms with Crippen molar-refractivity contribution in [3.63, 3.8) is 0 Å². The fourth-order valence-electron chi connectivity index (χ4n) is 1.72. The molecule has 6 heteroatoms. The summed E-state index contributed by atoms with van der Waals surface area (Å²) in [5.41, 5.74) is 1.22. The zero-order valence-electron chi connectivity index (χ0n) is 11.7. The van der Waals surface area contributed by atoms with Crippen LogP contribution < -0.4 is 5.32 Å². The molecule has 1 amide bonds. The van der Waals surface area contributed by atoms with E-state index in [1.165, 1.54) is 0 Å². The summed E-state index contributed by atoms with van der Waals surface area (Å²) in [6.07, 6.45) is 2.81. The van der Waals surface area contributed by atoms with Crippen LogP contribution in [0, 0.1) is 0 Å². The molecule has 0 aliphatic heterocycles. The van der Waals surface area contributed by atoms with Crippen molar-refractivity contribution in [2.75, 3.05) is 12.0 Å². The van der Waals surface area contributed by atoms with Crippen LogP contribution in [-0.2, 0) is 14.6 Å². The normalized spacial score (nSPS) is 13.9. The Balaban J connectivity index is 2.75. The highest BCUT2D eigenvalue weighted by Gasteiger charge is 2.14. The number of rotatable bonds is 5. The Kier molecular flexibility index (Phi) is 5.77. The maximum atomic E-state index is 11.9. The Labute approximate surface area is 124 Å². The average molecular weight is 316 g/mol. The summed E-state index contributed by atoms with van der Waals surface area (Å²) < 4.78 is 22.3. The fourth-order valence-corrected chi connectivity index (χ4v) is 2.91. The molecule has 0 saturated carbocycles. The van der Waals surface area contributed by atoms with E-state index in [-0.39, 0.29) is 11.7 Å². The number of sulfone groups is 1. The number of halogens is 1. The summed E-state index contributed by atoms with van der Waals surface area (Å²) in [6.45, 7) is 3.31. The minimum absolute atomic E-state index is 0.0852. The van der Waals surface area contributed by atoms with Gasteiger partial charge in [-0.25, -0.2) is 8.42 Å². The van der Waals surface area contributed by atoms with Gasteiger partial charge >= 0.3 is 0 Å². The highest BCUT2D eigenvalue weighted by molar-refractivity contribution is 7.90. The van der Waals surface area contributed by atoms with E-state index in [4.69, 9.17) is 11.6 Å². The SMILES string of the molecule is CC(=Cc1ccccc1Cl)C(=O)NC(C)CS(C)(=O)=O. The summed E-state index contributed by atoms with van der Waals surface area (Å²) in [4.78, 5) is 11.9. The summed E-state index contributed by atoms with van der Waals surface area (Å²) >= 11 is 6.01. The van der Waals surface area contributed by atoms with Crippen LogP contribution in [0.2, 0.25) is 5.02 Å². The van der Waals surface area contributed by atoms with Gasteiger partial charge < -0.3 is 5.32 Å². The molecule has 0 bridgehead atoms. The molecule has 0 fully saturated rings. The lowest BCUT2D eigenvalue weighted by Gasteiger charge is -2.13. The van der Waals surface area contributed by atoms with E-state index in [0.717, 1.165) is 11.8 Å². The van der Waals surface area contributed by atoms with Crippen LogP contribution in [0.5, 0.6) is 0 Å². The van der Waals surface area contributed by atoms with E-state index in [1.807, 2.05) is 12.1 Å². The van der Waals surface area contributed by atoms with Crippen LogP contribution >= 0.6 is 11.6 Å². The van der Waals surface area contributed by atoms with E-state index in [9.17, 15) is 13.2 Å². The number of hydrogen-bond acceptors (Lipinski definition) is 3. The monoisotopic (exact) mass is 315 g/mol. The van der Waals surface area contributed by atoms with E-state index in [2.05, 4.69) is 5.32 Å². The zero-order valence-corrected chi connectivity index (χ0v) is 13.3. The molecule has 1 atom stereocenters. The van der Waals surface area contributed by atoms with Crippen molar-refractivity contribution < 1.29 is 13.2 Å². The third kappa shape index (κ3) is 5.75. The Bertz CT molecular complexity index is 623. The van der Waals surface area contributed by atoms with Crippen molar-refractivity contribution in [2.24, 2.45) is 0 Å². The predicted octanol–water partition coefficient (Wildman–Crippen LogP) is 2.29. The zero-order chi connectivity index (χ0) is 15.3. The van der Waals surface area contributed by atoms with Gasteiger partial charge in [-0.1, -0.05) is 29.8 Å². The Hall–Kier alpha value is -1.33. The lowest BCUT2D eigenvalue weighted by atomic mass is 10.1. The van der Waals surface area contributed by atoms with E-state index in [0.29, 0.717) is 10.6 Å². The number of hydrogen-bond donors (Lipinski definition) is 1. The minimum Gasteiger partial charge on any atom is -0.349 e. The number of carbonyl (C=O) groups is 1. The maximum absolute atomic E-state index is 11.9. The first-order valence-electron chi connectivity index (χ1n) is 6.10. The van der Waals surface area contributed by atoms with Crippen molar-refractivity contribution in [1.29, 1.82) is 0 Å². The fraction of sp³-hybridized carbons (Fsp3) is 0.357. The second-order valence-corrected chi connectivity index (χ2v) is 7.41. The molecule has 1 aromatic rings. The molecule has 20 heavy (non-hydrogen) atoms. The molecule has 0 saturated heterocycles. The summed E-state index contributed by atoms with van der Waals surface area (Å²) in [6, 6.07) is 6.75. The number of benzene rings is 1. The minimum atomic E-state index is -3.12. The molecule has 4 nitrogen and oxygen atoms in total. The second kappa shape index (κ2) is 6.90. The first-order valence-corrected chi connectivity index (χ1v) is 8.54. The molecule has 1 unspecified atom stereocenters. The van der Waals surface area contributed by atoms with Crippen molar-refractivity contribution in [3.05, 3.63) is 40.4 Å². The summed E-state index contributed by atoms with van der Waals surface area (Å²) in [5.74, 6) is -0.390. The van der Waals surface area contributed by atoms with Gasteiger partial charge in [0.15, 0.2) is 0 Å². The third-order valence-corrected chi connectivity index (χ3v) is 4.02. The van der Waals surface area contributed by atoms with Gasteiger partial charge in [0.1, 0.15) is 9.84 Å². The van der Waals surface area contributed by atoms with E-state index >= 15 is 0 Å². The second-order valence-electron chi connectivity index (χ2n) is 4.82. The van der Waals surface area contributed by atoms with Crippen LogP contribution in [-0.4, -0.2) is 32.4 Å². The molecule has 0 aliphatic rings. The molecule has 1 aromatic carbocycles.